The van der Waals surface area contributed by atoms with Gasteiger partial charge in [-0.25, -0.2) is 4.79 Å². The summed E-state index contributed by atoms with van der Waals surface area (Å²) in [6, 6.07) is 13.8. The number of unbranched alkanes of at least 4 members (excludes halogenated alkanes) is 2. The van der Waals surface area contributed by atoms with E-state index >= 15 is 0 Å². The molecule has 0 bridgehead atoms. The first kappa shape index (κ1) is 27.7. The smallest absolute Gasteiger partial charge is 0.337 e. The van der Waals surface area contributed by atoms with Gasteiger partial charge in [-0.3, -0.25) is 4.79 Å². The predicted octanol–water partition coefficient (Wildman–Crippen LogP) is 5.56. The molecule has 38 heavy (non-hydrogen) atoms. The molecule has 204 valence electrons. The molecule has 1 aliphatic carbocycles. The fourth-order valence-electron chi connectivity index (χ4n) is 5.65. The van der Waals surface area contributed by atoms with Gasteiger partial charge in [-0.2, -0.15) is 0 Å². The molecular formula is C31H41N3O4. The van der Waals surface area contributed by atoms with Gasteiger partial charge in [-0.05, 0) is 75.0 Å². The van der Waals surface area contributed by atoms with Crippen molar-refractivity contribution in [3.8, 4) is 17.0 Å². The van der Waals surface area contributed by atoms with E-state index in [1.807, 2.05) is 44.4 Å². The average molecular weight is 520 g/mol. The molecular weight excluding hydrogens is 478 g/mol. The van der Waals surface area contributed by atoms with Crippen molar-refractivity contribution in [2.75, 3.05) is 33.9 Å². The van der Waals surface area contributed by atoms with Crippen LogP contribution in [0, 0.1) is 0 Å². The third-order valence-corrected chi connectivity index (χ3v) is 7.60. The van der Waals surface area contributed by atoms with Gasteiger partial charge < -0.3 is 24.7 Å². The number of aromatic nitrogens is 1. The maximum absolute atomic E-state index is 12.5. The van der Waals surface area contributed by atoms with Crippen LogP contribution in [0.15, 0.2) is 42.5 Å². The second-order valence-corrected chi connectivity index (χ2v) is 10.2. The van der Waals surface area contributed by atoms with Crippen LogP contribution >= 0.6 is 0 Å². The maximum Gasteiger partial charge on any atom is 0.337 e. The van der Waals surface area contributed by atoms with Crippen molar-refractivity contribution in [2.45, 2.75) is 57.3 Å². The molecule has 4 rings (SSSR count). The summed E-state index contributed by atoms with van der Waals surface area (Å²) in [6.45, 7) is 1.63. The number of rotatable bonds is 12. The van der Waals surface area contributed by atoms with Crippen LogP contribution in [-0.4, -0.2) is 50.3 Å². The summed E-state index contributed by atoms with van der Waals surface area (Å²) >= 11 is 0. The number of benzene rings is 2. The summed E-state index contributed by atoms with van der Waals surface area (Å²) in [4.78, 5) is 24.8. The molecule has 1 saturated carbocycles. The number of hydrogen-bond donors (Lipinski definition) is 2. The van der Waals surface area contributed by atoms with Crippen molar-refractivity contribution in [1.82, 2.24) is 15.2 Å². The molecule has 7 heteroatoms. The Balaban J connectivity index is 1.62. The van der Waals surface area contributed by atoms with Gasteiger partial charge in [0.15, 0.2) is 6.61 Å². The lowest BCUT2D eigenvalue weighted by Gasteiger charge is -2.24. The van der Waals surface area contributed by atoms with Gasteiger partial charge in [0.05, 0.1) is 18.4 Å². The third kappa shape index (κ3) is 6.38. The summed E-state index contributed by atoms with van der Waals surface area (Å²) in [5.41, 5.74) is 4.89. The first-order valence-electron chi connectivity index (χ1n) is 13.9. The van der Waals surface area contributed by atoms with Gasteiger partial charge in [0.2, 0.25) is 0 Å². The zero-order chi connectivity index (χ0) is 26.9. The van der Waals surface area contributed by atoms with E-state index in [4.69, 9.17) is 9.47 Å². The minimum Gasteiger partial charge on any atom is -0.483 e. The number of ether oxygens (including phenoxy) is 2. The number of nitrogens with one attached hydrogen (secondary N) is 2. The standard InChI is InChI=1S/C31H41N3O4/c1-32-18-10-5-11-19-33-28(35)21-38-27-15-9-8-14-25(27)30-29(22-12-6-4-7-13-22)24-17-16-23(31(36)37-3)20-26(24)34(30)2/h8-9,14-17,20,22,32H,4-7,10-13,18-19,21H2,1-3H3,(H,33,35). The normalized spacial score (nSPS) is 14.0. The molecule has 2 aromatic carbocycles. The lowest BCUT2D eigenvalue weighted by Crippen LogP contribution is -2.29. The number of para-hydroxylation sites is 1. The van der Waals surface area contributed by atoms with Crippen molar-refractivity contribution < 1.29 is 19.1 Å². The van der Waals surface area contributed by atoms with Crippen molar-refractivity contribution in [2.24, 2.45) is 7.05 Å². The highest BCUT2D eigenvalue weighted by molar-refractivity contribution is 5.99. The van der Waals surface area contributed by atoms with E-state index in [9.17, 15) is 9.59 Å². The highest BCUT2D eigenvalue weighted by Crippen LogP contribution is 2.45. The number of carbonyl (C=O) groups is 2. The highest BCUT2D eigenvalue weighted by Gasteiger charge is 2.27. The molecule has 0 unspecified atom stereocenters. The van der Waals surface area contributed by atoms with Crippen LogP contribution < -0.4 is 15.4 Å². The molecule has 1 amide bonds. The molecule has 1 fully saturated rings. The molecule has 7 nitrogen and oxygen atoms in total. The summed E-state index contributed by atoms with van der Waals surface area (Å²) in [5.74, 6) is 0.671. The Morgan fingerprint density at radius 3 is 2.53 bits per heavy atom. The van der Waals surface area contributed by atoms with Crippen LogP contribution in [0.25, 0.3) is 22.2 Å². The summed E-state index contributed by atoms with van der Waals surface area (Å²) in [6.07, 6.45) is 9.13. The van der Waals surface area contributed by atoms with Crippen LogP contribution in [0.5, 0.6) is 5.75 Å². The zero-order valence-electron chi connectivity index (χ0n) is 23.0. The highest BCUT2D eigenvalue weighted by atomic mass is 16.5. The molecule has 0 spiro atoms. The number of esters is 1. The van der Waals surface area contributed by atoms with E-state index in [2.05, 4.69) is 27.3 Å². The molecule has 1 heterocycles. The Hall–Kier alpha value is -3.32. The van der Waals surface area contributed by atoms with Gasteiger partial charge in [-0.1, -0.05) is 43.9 Å². The van der Waals surface area contributed by atoms with E-state index in [0.29, 0.717) is 23.8 Å². The quantitative estimate of drug-likeness (QED) is 0.242. The lowest BCUT2D eigenvalue weighted by molar-refractivity contribution is -0.123. The SMILES string of the molecule is CNCCCCCNC(=O)COc1ccccc1-c1c(C2CCCCC2)c2ccc(C(=O)OC)cc2n1C. The molecule has 2 N–H and O–H groups in total. The average Bonchev–Trinajstić information content (AvgIpc) is 3.25. The summed E-state index contributed by atoms with van der Waals surface area (Å²) in [7, 11) is 5.40. The van der Waals surface area contributed by atoms with E-state index in [-0.39, 0.29) is 18.5 Å². The number of carbonyl (C=O) groups excluding carboxylic acids is 2. The summed E-state index contributed by atoms with van der Waals surface area (Å²) in [5, 5.41) is 7.28. The van der Waals surface area contributed by atoms with Crippen LogP contribution in [-0.2, 0) is 16.6 Å². The second-order valence-electron chi connectivity index (χ2n) is 10.2. The van der Waals surface area contributed by atoms with Gasteiger partial charge in [0.25, 0.3) is 5.91 Å². The van der Waals surface area contributed by atoms with E-state index in [0.717, 1.165) is 60.8 Å². The Labute approximate surface area is 225 Å². The minimum atomic E-state index is -0.342. The van der Waals surface area contributed by atoms with Gasteiger partial charge in [0, 0.05) is 30.1 Å². The van der Waals surface area contributed by atoms with E-state index in [1.165, 1.54) is 31.9 Å². The van der Waals surface area contributed by atoms with Crippen molar-refractivity contribution in [1.29, 1.82) is 0 Å². The number of fused-ring (bicyclic) bond motifs is 1. The second kappa shape index (κ2) is 13.5. The lowest BCUT2D eigenvalue weighted by atomic mass is 9.81. The maximum atomic E-state index is 12.5. The molecule has 3 aromatic rings. The van der Waals surface area contributed by atoms with E-state index < -0.39 is 0 Å². The monoisotopic (exact) mass is 519 g/mol. The molecule has 1 aliphatic rings. The van der Waals surface area contributed by atoms with Crippen LogP contribution in [0.4, 0.5) is 0 Å². The van der Waals surface area contributed by atoms with Crippen molar-refractivity contribution in [3.05, 3.63) is 53.6 Å². The topological polar surface area (TPSA) is 81.6 Å². The van der Waals surface area contributed by atoms with Crippen LogP contribution in [0.2, 0.25) is 0 Å². The Morgan fingerprint density at radius 1 is 1.00 bits per heavy atom. The Kier molecular flexibility index (Phi) is 9.82. The minimum absolute atomic E-state index is 0.0251. The number of methoxy groups -OCH3 is 1. The van der Waals surface area contributed by atoms with Crippen LogP contribution in [0.3, 0.4) is 0 Å². The zero-order valence-corrected chi connectivity index (χ0v) is 23.0. The Bertz CT molecular complexity index is 1240. The van der Waals surface area contributed by atoms with Gasteiger partial charge in [-0.15, -0.1) is 0 Å². The fraction of sp³-hybridized carbons (Fsp3) is 0.484. The van der Waals surface area contributed by atoms with Gasteiger partial charge in [0.1, 0.15) is 5.75 Å². The van der Waals surface area contributed by atoms with Crippen LogP contribution in [0.1, 0.15) is 73.2 Å². The predicted molar refractivity (Wildman–Crippen MR) is 152 cm³/mol. The third-order valence-electron chi connectivity index (χ3n) is 7.60. The number of aryl methyl sites for hydroxylation is 1. The van der Waals surface area contributed by atoms with E-state index in [1.54, 1.807) is 0 Å². The number of nitrogens with zero attached hydrogens (tertiary/aromatic N) is 1. The van der Waals surface area contributed by atoms with Crippen molar-refractivity contribution >= 4 is 22.8 Å². The summed E-state index contributed by atoms with van der Waals surface area (Å²) < 4.78 is 13.3. The number of hydrogen-bond acceptors (Lipinski definition) is 5. The molecule has 0 aliphatic heterocycles. The fourth-order valence-corrected chi connectivity index (χ4v) is 5.65. The molecule has 0 saturated heterocycles. The molecule has 1 aromatic heterocycles. The first-order chi connectivity index (χ1) is 18.5. The molecule has 0 atom stereocenters. The van der Waals surface area contributed by atoms with Gasteiger partial charge >= 0.3 is 5.97 Å². The largest absolute Gasteiger partial charge is 0.483 e. The van der Waals surface area contributed by atoms with Crippen molar-refractivity contribution in [3.63, 3.8) is 0 Å². The first-order valence-corrected chi connectivity index (χ1v) is 13.9. The Morgan fingerprint density at radius 2 is 1.76 bits per heavy atom. The number of amides is 1. The molecule has 0 radical (unpaired) electrons.